The van der Waals surface area contributed by atoms with Gasteiger partial charge in [-0.1, -0.05) is 62.6 Å². The molecule has 6 nitrogen and oxygen atoms in total. The first-order valence-electron chi connectivity index (χ1n) is 9.32. The third kappa shape index (κ3) is 5.91. The second-order valence-electron chi connectivity index (χ2n) is 6.43. The van der Waals surface area contributed by atoms with Crippen LogP contribution in [0.4, 0.5) is 0 Å². The Morgan fingerprint density at radius 1 is 0.963 bits per heavy atom. The van der Waals surface area contributed by atoms with Gasteiger partial charge in [0.2, 0.25) is 0 Å². The normalized spacial score (nSPS) is 20.5. The number of carbonyl (C=O) groups excluding carboxylic acids is 2. The Balaban J connectivity index is 2.21. The number of carbonyl (C=O) groups is 2. The molecule has 0 saturated carbocycles. The van der Waals surface area contributed by atoms with Crippen molar-refractivity contribution in [2.45, 2.75) is 57.5 Å². The van der Waals surface area contributed by atoms with E-state index in [1.165, 1.54) is 14.2 Å². The standard InChI is InChI=1S/C21H28O6/c1-4-5-6-10-13-16(14-15-11-8-7-9-12-15)21-26-17(19(22)24-2)18(27-21)20(23)25-3/h7-9,11-12,14,17-18,21H,4-6,10,13H2,1-3H3/b16-14-/t17-,18-/m1/s1. The van der Waals surface area contributed by atoms with E-state index in [4.69, 9.17) is 18.9 Å². The molecule has 1 saturated heterocycles. The van der Waals surface area contributed by atoms with E-state index in [1.807, 2.05) is 36.4 Å². The highest BCUT2D eigenvalue weighted by Gasteiger charge is 2.47. The van der Waals surface area contributed by atoms with Gasteiger partial charge in [0.1, 0.15) is 0 Å². The van der Waals surface area contributed by atoms with Crippen LogP contribution in [0.1, 0.15) is 44.6 Å². The number of esters is 2. The fraction of sp³-hybridized carbons (Fsp3) is 0.524. The van der Waals surface area contributed by atoms with Crippen LogP contribution in [-0.4, -0.2) is 44.7 Å². The number of ether oxygens (including phenoxy) is 4. The smallest absolute Gasteiger partial charge is 0.338 e. The van der Waals surface area contributed by atoms with Crippen LogP contribution in [0.5, 0.6) is 0 Å². The predicted molar refractivity (Wildman–Crippen MR) is 101 cm³/mol. The summed E-state index contributed by atoms with van der Waals surface area (Å²) in [5, 5.41) is 0. The fourth-order valence-electron chi connectivity index (χ4n) is 2.98. The Bertz CT molecular complexity index is 615. The van der Waals surface area contributed by atoms with Crippen LogP contribution in [0, 0.1) is 0 Å². The van der Waals surface area contributed by atoms with Gasteiger partial charge in [0, 0.05) is 0 Å². The molecule has 0 aliphatic carbocycles. The first-order chi connectivity index (χ1) is 13.1. The lowest BCUT2D eigenvalue weighted by Crippen LogP contribution is -2.38. The van der Waals surface area contributed by atoms with Crippen LogP contribution in [0.15, 0.2) is 35.9 Å². The van der Waals surface area contributed by atoms with Crippen LogP contribution in [0.25, 0.3) is 6.08 Å². The number of hydrogen-bond acceptors (Lipinski definition) is 6. The van der Waals surface area contributed by atoms with Gasteiger partial charge in [-0.15, -0.1) is 0 Å². The summed E-state index contributed by atoms with van der Waals surface area (Å²) >= 11 is 0. The molecule has 2 rings (SSSR count). The largest absolute Gasteiger partial charge is 0.467 e. The van der Waals surface area contributed by atoms with E-state index in [9.17, 15) is 9.59 Å². The molecule has 0 radical (unpaired) electrons. The summed E-state index contributed by atoms with van der Waals surface area (Å²) in [6, 6.07) is 9.81. The first-order valence-corrected chi connectivity index (χ1v) is 9.32. The summed E-state index contributed by atoms with van der Waals surface area (Å²) in [7, 11) is 2.50. The molecule has 0 aromatic heterocycles. The Morgan fingerprint density at radius 3 is 2.07 bits per heavy atom. The topological polar surface area (TPSA) is 71.1 Å². The summed E-state index contributed by atoms with van der Waals surface area (Å²) in [6.45, 7) is 2.16. The highest BCUT2D eigenvalue weighted by atomic mass is 16.8. The van der Waals surface area contributed by atoms with Gasteiger partial charge < -0.3 is 18.9 Å². The minimum absolute atomic E-state index is 0.655. The third-order valence-electron chi connectivity index (χ3n) is 4.46. The van der Waals surface area contributed by atoms with Crippen LogP contribution in [-0.2, 0) is 28.5 Å². The Kier molecular flexibility index (Phi) is 8.48. The van der Waals surface area contributed by atoms with Crippen molar-refractivity contribution in [1.82, 2.24) is 0 Å². The van der Waals surface area contributed by atoms with E-state index in [2.05, 4.69) is 6.92 Å². The second-order valence-corrected chi connectivity index (χ2v) is 6.43. The van der Waals surface area contributed by atoms with E-state index in [0.29, 0.717) is 0 Å². The summed E-state index contributed by atoms with van der Waals surface area (Å²) in [6.07, 6.45) is 4.04. The zero-order valence-corrected chi connectivity index (χ0v) is 16.2. The van der Waals surface area contributed by atoms with E-state index in [-0.39, 0.29) is 0 Å². The lowest BCUT2D eigenvalue weighted by Gasteiger charge is -2.15. The maximum atomic E-state index is 12.0. The molecule has 1 fully saturated rings. The molecule has 0 spiro atoms. The van der Waals surface area contributed by atoms with Crippen molar-refractivity contribution in [1.29, 1.82) is 0 Å². The monoisotopic (exact) mass is 376 g/mol. The molecule has 6 heteroatoms. The van der Waals surface area contributed by atoms with E-state index in [1.54, 1.807) is 0 Å². The first kappa shape index (κ1) is 21.1. The second kappa shape index (κ2) is 10.8. The minimum atomic E-state index is -1.14. The number of rotatable bonds is 9. The summed E-state index contributed by atoms with van der Waals surface area (Å²) < 4.78 is 21.0. The molecule has 0 unspecified atom stereocenters. The number of unbranched alkanes of at least 4 members (excludes halogenated alkanes) is 3. The van der Waals surface area contributed by atoms with E-state index >= 15 is 0 Å². The summed E-state index contributed by atoms with van der Waals surface area (Å²) in [5.74, 6) is -1.31. The lowest BCUT2D eigenvalue weighted by molar-refractivity contribution is -0.160. The average molecular weight is 376 g/mol. The van der Waals surface area contributed by atoms with Crippen molar-refractivity contribution in [2.75, 3.05) is 14.2 Å². The van der Waals surface area contributed by atoms with Gasteiger partial charge in [0.05, 0.1) is 14.2 Å². The SMILES string of the molecule is CCCCCC/C(=C/c1ccccc1)C1O[C@@H](C(=O)OC)[C@H](C(=O)OC)O1. The van der Waals surface area contributed by atoms with Crippen molar-refractivity contribution in [3.8, 4) is 0 Å². The van der Waals surface area contributed by atoms with Crippen LogP contribution < -0.4 is 0 Å². The molecule has 27 heavy (non-hydrogen) atoms. The van der Waals surface area contributed by atoms with Gasteiger partial charge in [-0.25, -0.2) is 9.59 Å². The van der Waals surface area contributed by atoms with Gasteiger partial charge >= 0.3 is 11.9 Å². The lowest BCUT2D eigenvalue weighted by atomic mass is 10.0. The highest BCUT2D eigenvalue weighted by Crippen LogP contribution is 2.30. The van der Waals surface area contributed by atoms with Crippen LogP contribution in [0.3, 0.4) is 0 Å². The van der Waals surface area contributed by atoms with Gasteiger partial charge in [0.25, 0.3) is 0 Å². The Labute approximate surface area is 160 Å². The van der Waals surface area contributed by atoms with Crippen LogP contribution in [0.2, 0.25) is 0 Å². The molecule has 2 atom stereocenters. The molecule has 0 bridgehead atoms. The zero-order valence-electron chi connectivity index (χ0n) is 16.2. The molecule has 0 amide bonds. The van der Waals surface area contributed by atoms with Crippen molar-refractivity contribution in [3.63, 3.8) is 0 Å². The van der Waals surface area contributed by atoms with E-state index in [0.717, 1.165) is 43.2 Å². The van der Waals surface area contributed by atoms with Crippen molar-refractivity contribution < 1.29 is 28.5 Å². The fourth-order valence-corrected chi connectivity index (χ4v) is 2.98. The number of methoxy groups -OCH3 is 2. The maximum Gasteiger partial charge on any atom is 0.338 e. The summed E-state index contributed by atoms with van der Waals surface area (Å²) in [4.78, 5) is 24.0. The minimum Gasteiger partial charge on any atom is -0.467 e. The molecule has 1 heterocycles. The van der Waals surface area contributed by atoms with Gasteiger partial charge in [-0.2, -0.15) is 0 Å². The Morgan fingerprint density at radius 2 is 1.56 bits per heavy atom. The zero-order chi connectivity index (χ0) is 19.6. The van der Waals surface area contributed by atoms with Gasteiger partial charge in [-0.3, -0.25) is 0 Å². The number of hydrogen-bond donors (Lipinski definition) is 0. The highest BCUT2D eigenvalue weighted by molar-refractivity contribution is 5.86. The van der Waals surface area contributed by atoms with Crippen molar-refractivity contribution in [2.24, 2.45) is 0 Å². The summed E-state index contributed by atoms with van der Waals surface area (Å²) in [5.41, 5.74) is 1.89. The number of benzene rings is 1. The quantitative estimate of drug-likeness (QED) is 0.485. The van der Waals surface area contributed by atoms with Crippen molar-refractivity contribution in [3.05, 3.63) is 41.5 Å². The molecule has 1 aliphatic rings. The maximum absolute atomic E-state index is 12.0. The molecule has 0 N–H and O–H groups in total. The molecular weight excluding hydrogens is 348 g/mol. The molecule has 148 valence electrons. The average Bonchev–Trinajstić information content (AvgIpc) is 3.15. The Hall–Kier alpha value is -2.18. The van der Waals surface area contributed by atoms with Crippen LogP contribution >= 0.6 is 0 Å². The van der Waals surface area contributed by atoms with E-state index < -0.39 is 30.4 Å². The predicted octanol–water partition coefficient (Wildman–Crippen LogP) is 3.50. The third-order valence-corrected chi connectivity index (χ3v) is 4.46. The van der Waals surface area contributed by atoms with Gasteiger partial charge in [-0.05, 0) is 24.0 Å². The molecule has 1 aliphatic heterocycles. The van der Waals surface area contributed by atoms with Gasteiger partial charge in [0.15, 0.2) is 18.5 Å². The molecule has 1 aromatic carbocycles. The van der Waals surface area contributed by atoms with Crippen molar-refractivity contribution >= 4 is 18.0 Å². The molecule has 1 aromatic rings. The molecular formula is C21H28O6.